The molecule has 2 heterocycles. The highest BCUT2D eigenvalue weighted by molar-refractivity contribution is 5.75. The van der Waals surface area contributed by atoms with Crippen molar-refractivity contribution < 1.29 is 4.74 Å². The van der Waals surface area contributed by atoms with Crippen LogP contribution in [0.2, 0.25) is 0 Å². The lowest BCUT2D eigenvalue weighted by molar-refractivity contribution is 0.122. The van der Waals surface area contributed by atoms with Gasteiger partial charge in [-0.3, -0.25) is 4.99 Å². The lowest BCUT2D eigenvalue weighted by Crippen LogP contribution is -2.37. The van der Waals surface area contributed by atoms with Gasteiger partial charge in [-0.05, 0) is 36.0 Å². The van der Waals surface area contributed by atoms with Crippen molar-refractivity contribution in [2.45, 2.75) is 19.3 Å². The molecule has 7 heteroatoms. The molecule has 1 aliphatic heterocycles. The Labute approximate surface area is 154 Å². The molecule has 1 aliphatic rings. The number of anilines is 1. The Kier molecular flexibility index (Phi) is 6.38. The summed E-state index contributed by atoms with van der Waals surface area (Å²) in [5.74, 6) is 0.931. The number of benzene rings is 1. The number of morpholine rings is 1. The average Bonchev–Trinajstić information content (AvgIpc) is 2.68. The predicted molar refractivity (Wildman–Crippen MR) is 103 cm³/mol. The van der Waals surface area contributed by atoms with Crippen molar-refractivity contribution in [3.8, 4) is 0 Å². The van der Waals surface area contributed by atoms with Gasteiger partial charge in [0, 0.05) is 32.0 Å². The highest BCUT2D eigenvalue weighted by Crippen LogP contribution is 2.12. The van der Waals surface area contributed by atoms with Crippen LogP contribution in [0.5, 0.6) is 0 Å². The van der Waals surface area contributed by atoms with E-state index in [1.165, 1.54) is 11.1 Å². The highest BCUT2D eigenvalue weighted by Gasteiger charge is 2.13. The minimum Gasteiger partial charge on any atom is -0.378 e. The van der Waals surface area contributed by atoms with E-state index in [0.717, 1.165) is 57.1 Å². The lowest BCUT2D eigenvalue weighted by atomic mass is 10.0. The summed E-state index contributed by atoms with van der Waals surface area (Å²) in [5.41, 5.74) is 14.4. The predicted octanol–water partition coefficient (Wildman–Crippen LogP) is 0.914. The summed E-state index contributed by atoms with van der Waals surface area (Å²) in [6.45, 7) is 3.80. The van der Waals surface area contributed by atoms with Crippen LogP contribution >= 0.6 is 0 Å². The molecule has 0 aliphatic carbocycles. The van der Waals surface area contributed by atoms with Gasteiger partial charge in [0.2, 0.25) is 5.95 Å². The van der Waals surface area contributed by atoms with Crippen LogP contribution in [-0.4, -0.2) is 48.8 Å². The molecule has 0 bridgehead atoms. The second-order valence-electron chi connectivity index (χ2n) is 6.37. The Morgan fingerprint density at radius 1 is 1.00 bits per heavy atom. The largest absolute Gasteiger partial charge is 0.378 e. The summed E-state index contributed by atoms with van der Waals surface area (Å²) in [7, 11) is 0. The summed E-state index contributed by atoms with van der Waals surface area (Å²) in [4.78, 5) is 15.2. The maximum atomic E-state index is 5.36. The lowest BCUT2D eigenvalue weighted by Gasteiger charge is -2.26. The minimum atomic E-state index is 0.140. The van der Waals surface area contributed by atoms with E-state index in [0.29, 0.717) is 6.54 Å². The van der Waals surface area contributed by atoms with Gasteiger partial charge in [0.15, 0.2) is 5.96 Å². The Balaban J connectivity index is 1.52. The van der Waals surface area contributed by atoms with E-state index in [1.807, 2.05) is 12.4 Å². The van der Waals surface area contributed by atoms with Crippen molar-refractivity contribution >= 4 is 11.9 Å². The van der Waals surface area contributed by atoms with Crippen LogP contribution in [0.15, 0.2) is 41.7 Å². The van der Waals surface area contributed by atoms with Gasteiger partial charge in [0.1, 0.15) is 0 Å². The molecule has 1 aromatic carbocycles. The molecule has 0 amide bonds. The summed E-state index contributed by atoms with van der Waals surface area (Å²) in [6, 6.07) is 8.54. The molecule has 0 saturated carbocycles. The maximum absolute atomic E-state index is 5.36. The number of rotatable bonds is 7. The Hall–Kier alpha value is -2.67. The van der Waals surface area contributed by atoms with Crippen molar-refractivity contribution in [2.75, 3.05) is 37.7 Å². The summed E-state index contributed by atoms with van der Waals surface area (Å²) < 4.78 is 5.36. The topological polar surface area (TPSA) is 103 Å². The number of nitrogens with zero attached hydrogens (tertiary/aromatic N) is 4. The number of guanidine groups is 1. The number of aliphatic imine (C=N–C) groups is 1. The van der Waals surface area contributed by atoms with Crippen LogP contribution in [0.1, 0.15) is 16.7 Å². The Morgan fingerprint density at radius 3 is 2.35 bits per heavy atom. The third kappa shape index (κ3) is 5.42. The molecule has 0 radical (unpaired) electrons. The fraction of sp³-hybridized carbons (Fsp3) is 0.421. The van der Waals surface area contributed by atoms with E-state index in [4.69, 9.17) is 16.2 Å². The summed E-state index contributed by atoms with van der Waals surface area (Å²) in [6.07, 6.45) is 6.57. The van der Waals surface area contributed by atoms with Crippen LogP contribution in [0.4, 0.5) is 5.95 Å². The molecule has 7 nitrogen and oxygen atoms in total. The first-order valence-corrected chi connectivity index (χ1v) is 8.97. The minimum absolute atomic E-state index is 0.140. The molecule has 4 N–H and O–H groups in total. The molecule has 138 valence electrons. The van der Waals surface area contributed by atoms with Crippen molar-refractivity contribution in [3.63, 3.8) is 0 Å². The molecule has 3 rings (SSSR count). The highest BCUT2D eigenvalue weighted by atomic mass is 16.5. The zero-order chi connectivity index (χ0) is 18.2. The molecule has 0 atom stereocenters. The van der Waals surface area contributed by atoms with Crippen molar-refractivity contribution in [2.24, 2.45) is 16.5 Å². The molecule has 26 heavy (non-hydrogen) atoms. The van der Waals surface area contributed by atoms with Gasteiger partial charge in [0.05, 0.1) is 13.2 Å². The third-order valence-corrected chi connectivity index (χ3v) is 4.37. The van der Waals surface area contributed by atoms with Crippen LogP contribution in [0.25, 0.3) is 0 Å². The quantitative estimate of drug-likeness (QED) is 0.566. The molecular formula is C19H26N6O. The molecule has 1 fully saturated rings. The first-order chi connectivity index (χ1) is 12.7. The number of aryl methyl sites for hydroxylation is 2. The number of aromatic nitrogens is 2. The van der Waals surface area contributed by atoms with E-state index in [1.54, 1.807) is 0 Å². The monoisotopic (exact) mass is 354 g/mol. The van der Waals surface area contributed by atoms with Crippen molar-refractivity contribution in [1.29, 1.82) is 0 Å². The molecule has 2 aromatic rings. The summed E-state index contributed by atoms with van der Waals surface area (Å²) in [5, 5.41) is 0. The number of hydrogen-bond donors (Lipinski definition) is 2. The number of hydrogen-bond acceptors (Lipinski definition) is 5. The molecule has 0 unspecified atom stereocenters. The fourth-order valence-electron chi connectivity index (χ4n) is 2.95. The first-order valence-electron chi connectivity index (χ1n) is 8.97. The van der Waals surface area contributed by atoms with E-state index < -0.39 is 0 Å². The van der Waals surface area contributed by atoms with Crippen molar-refractivity contribution in [3.05, 3.63) is 53.3 Å². The molecule has 1 aromatic heterocycles. The summed E-state index contributed by atoms with van der Waals surface area (Å²) >= 11 is 0. The van der Waals surface area contributed by atoms with Crippen LogP contribution in [0, 0.1) is 0 Å². The number of ether oxygens (including phenoxy) is 1. The zero-order valence-corrected chi connectivity index (χ0v) is 15.0. The molecule has 1 saturated heterocycles. The molecular weight excluding hydrogens is 328 g/mol. The second kappa shape index (κ2) is 9.15. The SMILES string of the molecule is NC(N)=NCCc1cccc(CCc2cnc(N3CCOCC3)nc2)c1. The standard InChI is InChI=1S/C19H26N6O/c20-18(21)22-7-6-16-3-1-2-15(12-16)4-5-17-13-23-19(24-14-17)25-8-10-26-11-9-25/h1-3,12-14H,4-11H2,(H4,20,21,22). The van der Waals surface area contributed by atoms with Crippen LogP contribution < -0.4 is 16.4 Å². The second-order valence-corrected chi connectivity index (χ2v) is 6.37. The van der Waals surface area contributed by atoms with Crippen LogP contribution in [0.3, 0.4) is 0 Å². The number of nitrogens with two attached hydrogens (primary N) is 2. The van der Waals surface area contributed by atoms with Gasteiger partial charge < -0.3 is 21.1 Å². The Morgan fingerprint density at radius 2 is 1.65 bits per heavy atom. The normalized spacial score (nSPS) is 14.2. The molecule has 0 spiro atoms. The van der Waals surface area contributed by atoms with E-state index in [9.17, 15) is 0 Å². The van der Waals surface area contributed by atoms with E-state index >= 15 is 0 Å². The van der Waals surface area contributed by atoms with Gasteiger partial charge in [-0.15, -0.1) is 0 Å². The Bertz CT molecular complexity index is 721. The van der Waals surface area contributed by atoms with Gasteiger partial charge in [-0.25, -0.2) is 9.97 Å². The van der Waals surface area contributed by atoms with Crippen LogP contribution in [-0.2, 0) is 24.0 Å². The van der Waals surface area contributed by atoms with Gasteiger partial charge >= 0.3 is 0 Å². The average molecular weight is 354 g/mol. The van der Waals surface area contributed by atoms with Gasteiger partial charge in [-0.2, -0.15) is 0 Å². The third-order valence-electron chi connectivity index (χ3n) is 4.37. The maximum Gasteiger partial charge on any atom is 0.225 e. The van der Waals surface area contributed by atoms with Gasteiger partial charge in [0.25, 0.3) is 0 Å². The van der Waals surface area contributed by atoms with E-state index in [-0.39, 0.29) is 5.96 Å². The van der Waals surface area contributed by atoms with E-state index in [2.05, 4.69) is 44.1 Å². The van der Waals surface area contributed by atoms with Crippen molar-refractivity contribution in [1.82, 2.24) is 9.97 Å². The zero-order valence-electron chi connectivity index (χ0n) is 15.0. The fourth-order valence-corrected chi connectivity index (χ4v) is 2.95. The first kappa shape index (κ1) is 18.1. The smallest absolute Gasteiger partial charge is 0.225 e. The van der Waals surface area contributed by atoms with Gasteiger partial charge in [-0.1, -0.05) is 24.3 Å².